The highest BCUT2D eigenvalue weighted by atomic mass is 35.5. The molecular weight excluding hydrogens is 234 g/mol. The summed E-state index contributed by atoms with van der Waals surface area (Å²) >= 11 is 5.73. The molecule has 0 aliphatic heterocycles. The van der Waals surface area contributed by atoms with Gasteiger partial charge in [-0.25, -0.2) is 0 Å². The molecule has 1 aromatic heterocycles. The fourth-order valence-electron chi connectivity index (χ4n) is 2.56. The van der Waals surface area contributed by atoms with E-state index in [1.165, 1.54) is 17.7 Å². The average molecular weight is 254 g/mol. The van der Waals surface area contributed by atoms with E-state index in [-0.39, 0.29) is 5.56 Å². The van der Waals surface area contributed by atoms with Gasteiger partial charge in [0.2, 0.25) is 0 Å². The van der Waals surface area contributed by atoms with Crippen molar-refractivity contribution in [3.05, 3.63) is 33.7 Å². The van der Waals surface area contributed by atoms with Gasteiger partial charge < -0.3 is 4.57 Å². The number of pyridine rings is 1. The number of fused-ring (bicyclic) bond motifs is 1. The minimum absolute atomic E-state index is 0.156. The van der Waals surface area contributed by atoms with Gasteiger partial charge in [-0.05, 0) is 43.6 Å². The number of hydrogen-bond donors (Lipinski definition) is 0. The summed E-state index contributed by atoms with van der Waals surface area (Å²) in [6, 6.07) is 3.72. The van der Waals surface area contributed by atoms with Crippen molar-refractivity contribution in [3.8, 4) is 0 Å². The molecule has 94 valence electrons. The number of hydrogen-bond acceptors (Lipinski definition) is 1. The lowest BCUT2D eigenvalue weighted by Gasteiger charge is -2.14. The molecule has 0 N–H and O–H groups in total. The van der Waals surface area contributed by atoms with E-state index in [1.807, 2.05) is 10.6 Å². The van der Waals surface area contributed by atoms with E-state index in [0.717, 1.165) is 32.2 Å². The van der Waals surface area contributed by atoms with Gasteiger partial charge in [-0.1, -0.05) is 13.0 Å². The molecule has 3 heteroatoms. The third-order valence-corrected chi connectivity index (χ3v) is 3.91. The quantitative estimate of drug-likeness (QED) is 0.740. The molecule has 1 aliphatic carbocycles. The summed E-state index contributed by atoms with van der Waals surface area (Å²) in [5, 5.41) is 0. The zero-order valence-electron chi connectivity index (χ0n) is 10.4. The van der Waals surface area contributed by atoms with Gasteiger partial charge in [-0.2, -0.15) is 0 Å². The van der Waals surface area contributed by atoms with Crippen LogP contribution in [0.5, 0.6) is 0 Å². The summed E-state index contributed by atoms with van der Waals surface area (Å²) in [5.74, 6) is 1.31. The second kappa shape index (κ2) is 5.72. The summed E-state index contributed by atoms with van der Waals surface area (Å²) in [6.07, 6.45) is 5.46. The fraction of sp³-hybridized carbons (Fsp3) is 0.643. The van der Waals surface area contributed by atoms with Crippen molar-refractivity contribution in [2.24, 2.45) is 5.92 Å². The molecule has 0 radical (unpaired) electrons. The molecule has 1 aliphatic rings. The van der Waals surface area contributed by atoms with Crippen LogP contribution in [0.25, 0.3) is 0 Å². The molecule has 0 fully saturated rings. The largest absolute Gasteiger partial charge is 0.312 e. The smallest absolute Gasteiger partial charge is 0.250 e. The van der Waals surface area contributed by atoms with E-state index in [9.17, 15) is 4.79 Å². The predicted molar refractivity (Wildman–Crippen MR) is 71.8 cm³/mol. The Bertz CT molecular complexity index is 438. The number of halogens is 1. The Morgan fingerprint density at radius 1 is 1.35 bits per heavy atom. The molecule has 0 bridgehead atoms. The molecule has 0 saturated heterocycles. The van der Waals surface area contributed by atoms with Crippen LogP contribution in [0.3, 0.4) is 0 Å². The van der Waals surface area contributed by atoms with Crippen molar-refractivity contribution in [2.45, 2.75) is 45.6 Å². The van der Waals surface area contributed by atoms with Crippen LogP contribution < -0.4 is 5.56 Å². The van der Waals surface area contributed by atoms with Crippen molar-refractivity contribution in [1.29, 1.82) is 0 Å². The summed E-state index contributed by atoms with van der Waals surface area (Å²) in [5.41, 5.74) is 2.80. The Kier molecular flexibility index (Phi) is 4.27. The number of aryl methyl sites for hydroxylation is 1. The van der Waals surface area contributed by atoms with Crippen molar-refractivity contribution in [2.75, 3.05) is 5.88 Å². The SMILES string of the molecule is CC(CCCl)CCn1c2c(ccc1=O)CCC2. The molecule has 2 rings (SSSR count). The van der Waals surface area contributed by atoms with E-state index < -0.39 is 0 Å². The zero-order chi connectivity index (χ0) is 12.3. The van der Waals surface area contributed by atoms with Crippen LogP contribution >= 0.6 is 11.6 Å². The second-order valence-corrected chi connectivity index (χ2v) is 5.40. The summed E-state index contributed by atoms with van der Waals surface area (Å²) in [4.78, 5) is 11.9. The normalized spacial score (nSPS) is 15.9. The third kappa shape index (κ3) is 2.92. The highest BCUT2D eigenvalue weighted by Gasteiger charge is 2.15. The van der Waals surface area contributed by atoms with Crippen molar-refractivity contribution in [3.63, 3.8) is 0 Å². The Morgan fingerprint density at radius 3 is 2.94 bits per heavy atom. The molecule has 2 nitrogen and oxygen atoms in total. The Hall–Kier alpha value is -0.760. The van der Waals surface area contributed by atoms with Gasteiger partial charge in [0, 0.05) is 24.2 Å². The maximum absolute atomic E-state index is 11.9. The summed E-state index contributed by atoms with van der Waals surface area (Å²) in [6.45, 7) is 3.05. The van der Waals surface area contributed by atoms with Gasteiger partial charge in [0.25, 0.3) is 5.56 Å². The van der Waals surface area contributed by atoms with Gasteiger partial charge in [0.15, 0.2) is 0 Å². The van der Waals surface area contributed by atoms with Gasteiger partial charge in [-0.3, -0.25) is 4.79 Å². The fourth-order valence-corrected chi connectivity index (χ4v) is 2.93. The molecule has 0 saturated carbocycles. The highest BCUT2D eigenvalue weighted by Crippen LogP contribution is 2.20. The maximum atomic E-state index is 11.9. The molecule has 1 atom stereocenters. The Labute approximate surface area is 108 Å². The number of aromatic nitrogens is 1. The van der Waals surface area contributed by atoms with Crippen LogP contribution in [-0.2, 0) is 19.4 Å². The first kappa shape index (κ1) is 12.7. The number of nitrogens with zero attached hydrogens (tertiary/aromatic N) is 1. The van der Waals surface area contributed by atoms with Crippen LogP contribution in [0.1, 0.15) is 37.4 Å². The van der Waals surface area contributed by atoms with Gasteiger partial charge in [-0.15, -0.1) is 11.6 Å². The topological polar surface area (TPSA) is 22.0 Å². The molecule has 1 heterocycles. The van der Waals surface area contributed by atoms with E-state index in [4.69, 9.17) is 11.6 Å². The molecule has 1 unspecified atom stereocenters. The van der Waals surface area contributed by atoms with Gasteiger partial charge in [0.1, 0.15) is 0 Å². The maximum Gasteiger partial charge on any atom is 0.250 e. The van der Waals surface area contributed by atoms with Crippen LogP contribution in [0.15, 0.2) is 16.9 Å². The Balaban J connectivity index is 2.10. The predicted octanol–water partition coefficient (Wildman–Crippen LogP) is 2.99. The van der Waals surface area contributed by atoms with Crippen molar-refractivity contribution < 1.29 is 0 Å². The van der Waals surface area contributed by atoms with Crippen LogP contribution in [-0.4, -0.2) is 10.4 Å². The second-order valence-electron chi connectivity index (χ2n) is 5.02. The molecule has 1 aromatic rings. The number of rotatable bonds is 5. The van der Waals surface area contributed by atoms with E-state index in [0.29, 0.717) is 11.8 Å². The lowest BCUT2D eigenvalue weighted by atomic mass is 10.1. The number of alkyl halides is 1. The molecule has 17 heavy (non-hydrogen) atoms. The molecule has 0 aromatic carbocycles. The van der Waals surface area contributed by atoms with Crippen molar-refractivity contribution >= 4 is 11.6 Å². The van der Waals surface area contributed by atoms with Crippen molar-refractivity contribution in [1.82, 2.24) is 4.57 Å². The highest BCUT2D eigenvalue weighted by molar-refractivity contribution is 6.17. The summed E-state index contributed by atoms with van der Waals surface area (Å²) < 4.78 is 1.98. The van der Waals surface area contributed by atoms with Gasteiger partial charge >= 0.3 is 0 Å². The van der Waals surface area contributed by atoms with Crippen LogP contribution in [0.4, 0.5) is 0 Å². The van der Waals surface area contributed by atoms with E-state index in [2.05, 4.69) is 6.92 Å². The monoisotopic (exact) mass is 253 g/mol. The lowest BCUT2D eigenvalue weighted by molar-refractivity contribution is 0.458. The molecule has 0 amide bonds. The van der Waals surface area contributed by atoms with Gasteiger partial charge in [0.05, 0.1) is 0 Å². The zero-order valence-corrected chi connectivity index (χ0v) is 11.2. The third-order valence-electron chi connectivity index (χ3n) is 3.70. The van der Waals surface area contributed by atoms with Crippen LogP contribution in [0.2, 0.25) is 0 Å². The first-order valence-corrected chi connectivity index (χ1v) is 7.03. The first-order valence-electron chi connectivity index (χ1n) is 6.50. The Morgan fingerprint density at radius 2 is 2.18 bits per heavy atom. The first-order chi connectivity index (χ1) is 8.22. The minimum Gasteiger partial charge on any atom is -0.312 e. The average Bonchev–Trinajstić information content (AvgIpc) is 2.76. The molecular formula is C14H20ClNO. The summed E-state index contributed by atoms with van der Waals surface area (Å²) in [7, 11) is 0. The van der Waals surface area contributed by atoms with E-state index in [1.54, 1.807) is 6.07 Å². The minimum atomic E-state index is 0.156. The van der Waals surface area contributed by atoms with E-state index >= 15 is 0 Å². The lowest BCUT2D eigenvalue weighted by Crippen LogP contribution is -2.23. The van der Waals surface area contributed by atoms with Crippen LogP contribution in [0, 0.1) is 5.92 Å². The standard InChI is InChI=1S/C14H20ClNO/c1-11(7-9-15)8-10-16-13-4-2-3-12(13)5-6-14(16)17/h5-6,11H,2-4,7-10H2,1H3. The molecule has 0 spiro atoms.